The Bertz CT molecular complexity index is 1200. The normalized spacial score (nSPS) is 20.3. The predicted octanol–water partition coefficient (Wildman–Crippen LogP) is 3.73. The van der Waals surface area contributed by atoms with E-state index in [-0.39, 0.29) is 24.4 Å². The Balaban J connectivity index is 1.47. The third-order valence-electron chi connectivity index (χ3n) is 6.99. The van der Waals surface area contributed by atoms with Crippen molar-refractivity contribution in [3.8, 4) is 17.3 Å². The van der Waals surface area contributed by atoms with Crippen LogP contribution in [0.1, 0.15) is 49.3 Å². The second-order valence-electron chi connectivity index (χ2n) is 10.0. The van der Waals surface area contributed by atoms with Crippen molar-refractivity contribution in [3.63, 3.8) is 0 Å². The van der Waals surface area contributed by atoms with Gasteiger partial charge in [-0.05, 0) is 43.7 Å². The second kappa shape index (κ2) is 9.22. The fourth-order valence-corrected chi connectivity index (χ4v) is 4.90. The Morgan fingerprint density at radius 2 is 1.94 bits per heavy atom. The Labute approximate surface area is 207 Å². The van der Waals surface area contributed by atoms with Crippen LogP contribution in [0.15, 0.2) is 18.3 Å². The highest BCUT2D eigenvalue weighted by molar-refractivity contribution is 5.78. The Hall–Kier alpha value is -3.42. The van der Waals surface area contributed by atoms with Gasteiger partial charge in [0.25, 0.3) is 0 Å². The van der Waals surface area contributed by atoms with E-state index in [9.17, 15) is 23.2 Å². The first-order valence-electron chi connectivity index (χ1n) is 12.2. The van der Waals surface area contributed by atoms with Gasteiger partial charge in [-0.1, -0.05) is 0 Å². The van der Waals surface area contributed by atoms with E-state index in [4.69, 9.17) is 4.98 Å². The quantitative estimate of drug-likeness (QED) is 0.598. The van der Waals surface area contributed by atoms with Crippen LogP contribution in [0.3, 0.4) is 0 Å². The van der Waals surface area contributed by atoms with Gasteiger partial charge < -0.3 is 14.7 Å². The number of rotatable bonds is 6. The number of pyridine rings is 1. The van der Waals surface area contributed by atoms with Crippen molar-refractivity contribution in [1.82, 2.24) is 19.9 Å². The highest BCUT2D eigenvalue weighted by Gasteiger charge is 2.44. The molecule has 8 nitrogen and oxygen atoms in total. The van der Waals surface area contributed by atoms with E-state index in [1.807, 2.05) is 36.0 Å². The zero-order chi connectivity index (χ0) is 25.6. The molecule has 0 bridgehead atoms. The van der Waals surface area contributed by atoms with Crippen LogP contribution in [0, 0.1) is 17.2 Å². The lowest BCUT2D eigenvalue weighted by Gasteiger charge is -2.42. The van der Waals surface area contributed by atoms with Crippen LogP contribution < -0.4 is 9.80 Å². The first-order valence-corrected chi connectivity index (χ1v) is 12.2. The van der Waals surface area contributed by atoms with Crippen LogP contribution in [0.5, 0.6) is 0 Å². The summed E-state index contributed by atoms with van der Waals surface area (Å²) >= 11 is 0. The molecule has 2 saturated carbocycles. The fraction of sp³-hybridized carbons (Fsp3) is 0.560. The molecule has 190 valence electrons. The zero-order valence-corrected chi connectivity index (χ0v) is 20.3. The number of hydrogen-bond donors (Lipinski definition) is 0. The summed E-state index contributed by atoms with van der Waals surface area (Å²) in [6.07, 6.45) is -0.497. The van der Waals surface area contributed by atoms with Gasteiger partial charge in [-0.15, -0.1) is 0 Å². The summed E-state index contributed by atoms with van der Waals surface area (Å²) in [5.74, 6) is 0.686. The Morgan fingerprint density at radius 1 is 1.19 bits per heavy atom. The number of carbonyl (C=O) groups is 1. The molecular weight excluding hydrogens is 471 g/mol. The minimum absolute atomic E-state index is 0.182. The number of anilines is 2. The number of amides is 1. The molecule has 2 aliphatic carbocycles. The number of nitriles is 1. The van der Waals surface area contributed by atoms with Crippen molar-refractivity contribution in [2.24, 2.45) is 5.92 Å². The van der Waals surface area contributed by atoms with Crippen molar-refractivity contribution in [1.29, 1.82) is 5.26 Å². The van der Waals surface area contributed by atoms with E-state index >= 15 is 0 Å². The summed E-state index contributed by atoms with van der Waals surface area (Å²) in [7, 11) is 3.72. The largest absolute Gasteiger partial charge is 0.397 e. The fourth-order valence-electron chi connectivity index (χ4n) is 4.90. The summed E-state index contributed by atoms with van der Waals surface area (Å²) < 4.78 is 38.7. The van der Waals surface area contributed by atoms with Crippen LogP contribution in [0.4, 0.5) is 24.9 Å². The lowest BCUT2D eigenvalue weighted by Crippen LogP contribution is -2.57. The van der Waals surface area contributed by atoms with Gasteiger partial charge in [0.2, 0.25) is 11.9 Å². The van der Waals surface area contributed by atoms with E-state index in [0.29, 0.717) is 36.1 Å². The summed E-state index contributed by atoms with van der Waals surface area (Å²) in [5.41, 5.74) is 2.78. The van der Waals surface area contributed by atoms with Gasteiger partial charge in [0.05, 0.1) is 23.0 Å². The highest BCUT2D eigenvalue weighted by atomic mass is 19.4. The Kier molecular flexibility index (Phi) is 6.22. The van der Waals surface area contributed by atoms with Crippen LogP contribution in [-0.4, -0.2) is 71.7 Å². The first-order chi connectivity index (χ1) is 17.1. The van der Waals surface area contributed by atoms with E-state index in [2.05, 4.69) is 16.0 Å². The van der Waals surface area contributed by atoms with E-state index < -0.39 is 18.5 Å². The molecule has 1 aliphatic heterocycles. The summed E-state index contributed by atoms with van der Waals surface area (Å²) in [6, 6.07) is 5.59. The van der Waals surface area contributed by atoms with Gasteiger partial charge in [0.1, 0.15) is 18.3 Å². The average molecular weight is 500 g/mol. The van der Waals surface area contributed by atoms with Gasteiger partial charge in [-0.3, -0.25) is 4.79 Å². The molecule has 5 rings (SSSR count). The van der Waals surface area contributed by atoms with E-state index in [0.717, 1.165) is 36.9 Å². The van der Waals surface area contributed by atoms with Crippen LogP contribution >= 0.6 is 0 Å². The molecule has 3 heterocycles. The number of aromatic nitrogens is 3. The number of hydrogen-bond acceptors (Lipinski definition) is 7. The van der Waals surface area contributed by atoms with Crippen molar-refractivity contribution < 1.29 is 18.0 Å². The molecule has 1 unspecified atom stereocenters. The number of piperazine rings is 1. The molecule has 1 amide bonds. The smallest absolute Gasteiger partial charge is 0.352 e. The maximum atomic E-state index is 12.9. The van der Waals surface area contributed by atoms with Gasteiger partial charge in [-0.2, -0.15) is 18.4 Å². The van der Waals surface area contributed by atoms with E-state index in [1.54, 1.807) is 6.20 Å². The minimum atomic E-state index is -4.53. The highest BCUT2D eigenvalue weighted by Crippen LogP contribution is 2.45. The first kappa shape index (κ1) is 24.3. The number of alkyl halides is 3. The number of carbonyl (C=O) groups excluding carboxylic acids is 1. The zero-order valence-electron chi connectivity index (χ0n) is 20.3. The minimum Gasteiger partial charge on any atom is -0.352 e. The van der Waals surface area contributed by atoms with Gasteiger partial charge >= 0.3 is 6.18 Å². The third kappa shape index (κ3) is 5.08. The average Bonchev–Trinajstić information content (AvgIpc) is 3.75. The van der Waals surface area contributed by atoms with Gasteiger partial charge in [0.15, 0.2) is 0 Å². The van der Waals surface area contributed by atoms with Crippen LogP contribution in [0.25, 0.3) is 11.3 Å². The maximum Gasteiger partial charge on any atom is 0.397 e. The predicted molar refractivity (Wildman–Crippen MR) is 127 cm³/mol. The van der Waals surface area contributed by atoms with Crippen molar-refractivity contribution >= 4 is 17.7 Å². The molecule has 3 fully saturated rings. The molecule has 3 aliphatic rings. The third-order valence-corrected chi connectivity index (χ3v) is 6.99. The molecule has 11 heteroatoms. The van der Waals surface area contributed by atoms with E-state index in [1.165, 1.54) is 4.90 Å². The molecule has 1 saturated heterocycles. The molecule has 1 atom stereocenters. The molecule has 0 radical (unpaired) electrons. The number of halogens is 3. The number of nitrogens with zero attached hydrogens (tertiary/aromatic N) is 7. The molecule has 0 N–H and O–H groups in total. The summed E-state index contributed by atoms with van der Waals surface area (Å²) in [6.45, 7) is 0.884. The maximum absolute atomic E-state index is 12.9. The second-order valence-corrected chi connectivity index (χ2v) is 10.0. The van der Waals surface area contributed by atoms with Crippen molar-refractivity contribution in [3.05, 3.63) is 29.6 Å². The topological polar surface area (TPSA) is 89.3 Å². The molecule has 36 heavy (non-hydrogen) atoms. The molecule has 0 spiro atoms. The monoisotopic (exact) mass is 499 g/mol. The van der Waals surface area contributed by atoms with Crippen LogP contribution in [0.2, 0.25) is 0 Å². The molecule has 2 aromatic heterocycles. The SMILES string of the molecule is CN(C)c1nccc(-c2cc(C#N)c(N3CCN(C(=O)CC(F)(F)F)C(C4CC4)C3)nc2C2CC2)n1. The lowest BCUT2D eigenvalue weighted by atomic mass is 10.0. The lowest BCUT2D eigenvalue weighted by molar-refractivity contribution is -0.163. The summed E-state index contributed by atoms with van der Waals surface area (Å²) in [4.78, 5) is 31.5. The van der Waals surface area contributed by atoms with Gasteiger partial charge in [-0.25, -0.2) is 15.0 Å². The van der Waals surface area contributed by atoms with Gasteiger partial charge in [0, 0.05) is 51.4 Å². The van der Waals surface area contributed by atoms with Crippen LogP contribution in [-0.2, 0) is 4.79 Å². The molecule has 2 aromatic rings. The summed E-state index contributed by atoms with van der Waals surface area (Å²) in [5, 5.41) is 10.0. The standard InChI is InChI=1S/C25H28F3N7O/c1-33(2)24-30-8-7-19(31-24)18-11-17(13-29)23(32-22(18)16-5-6-16)34-9-10-35(20(14-34)15-3-4-15)21(36)12-25(26,27)28/h7-8,11,15-16,20H,3-6,9-10,12,14H2,1-2H3. The van der Waals surface area contributed by atoms with Crippen molar-refractivity contribution in [2.45, 2.75) is 50.2 Å². The molecular formula is C25H28F3N7O. The van der Waals surface area contributed by atoms with Crippen molar-refractivity contribution in [2.75, 3.05) is 43.5 Å². The Morgan fingerprint density at radius 3 is 2.56 bits per heavy atom. The molecule has 0 aromatic carbocycles.